The summed E-state index contributed by atoms with van der Waals surface area (Å²) in [4.78, 5) is 4.92. The van der Waals surface area contributed by atoms with Crippen molar-refractivity contribution in [2.45, 2.75) is 6.54 Å². The third-order valence-electron chi connectivity index (χ3n) is 4.61. The van der Waals surface area contributed by atoms with Crippen molar-refractivity contribution in [3.05, 3.63) is 94.0 Å². The highest BCUT2D eigenvalue weighted by atomic mass is 79.9. The minimum absolute atomic E-state index is 0.623. The standard InChI is InChI=1S/C23H20BrN3OS/c1-28-19-13-7-16(8-14-19)15-27-23(29-2)25-21-6-4-3-5-20(21)22(26-27)17-9-11-18(24)12-10-17/h3-14H,15H2,1-2H3. The number of fused-ring (bicyclic) bond motifs is 1. The predicted molar refractivity (Wildman–Crippen MR) is 125 cm³/mol. The summed E-state index contributed by atoms with van der Waals surface area (Å²) in [7, 11) is 1.67. The number of rotatable bonds is 4. The second-order valence-corrected chi connectivity index (χ2v) is 8.17. The summed E-state index contributed by atoms with van der Waals surface area (Å²) in [6.45, 7) is 0.623. The number of aliphatic imine (C=N–C) groups is 1. The number of hydrogen-bond donors (Lipinski definition) is 0. The second-order valence-electron chi connectivity index (χ2n) is 6.48. The van der Waals surface area contributed by atoms with Gasteiger partial charge < -0.3 is 4.74 Å². The molecule has 0 aromatic heterocycles. The second kappa shape index (κ2) is 8.84. The van der Waals surface area contributed by atoms with E-state index in [1.807, 2.05) is 53.7 Å². The van der Waals surface area contributed by atoms with Gasteiger partial charge in [-0.05, 0) is 42.2 Å². The number of halogens is 1. The van der Waals surface area contributed by atoms with Crippen LogP contribution in [0, 0.1) is 0 Å². The molecule has 1 heterocycles. The first kappa shape index (κ1) is 19.7. The van der Waals surface area contributed by atoms with Gasteiger partial charge in [-0.3, -0.25) is 0 Å². The summed E-state index contributed by atoms with van der Waals surface area (Å²) in [5, 5.41) is 7.90. The fourth-order valence-electron chi connectivity index (χ4n) is 3.13. The van der Waals surface area contributed by atoms with Crippen molar-refractivity contribution in [1.82, 2.24) is 5.01 Å². The first-order chi connectivity index (χ1) is 14.2. The van der Waals surface area contributed by atoms with Gasteiger partial charge in [0.15, 0.2) is 5.17 Å². The van der Waals surface area contributed by atoms with E-state index in [1.54, 1.807) is 18.9 Å². The number of ether oxygens (including phenoxy) is 1. The number of nitrogens with zero attached hydrogens (tertiary/aromatic N) is 3. The van der Waals surface area contributed by atoms with Crippen LogP contribution in [0.2, 0.25) is 0 Å². The smallest absolute Gasteiger partial charge is 0.185 e. The van der Waals surface area contributed by atoms with E-state index in [4.69, 9.17) is 14.8 Å². The van der Waals surface area contributed by atoms with E-state index >= 15 is 0 Å². The van der Waals surface area contributed by atoms with Crippen LogP contribution >= 0.6 is 27.7 Å². The van der Waals surface area contributed by atoms with Crippen molar-refractivity contribution < 1.29 is 4.74 Å². The molecular formula is C23H20BrN3OS. The Kier molecular flexibility index (Phi) is 6.02. The Morgan fingerprint density at radius 1 is 0.966 bits per heavy atom. The molecule has 0 unspecified atom stereocenters. The van der Waals surface area contributed by atoms with Crippen molar-refractivity contribution in [2.75, 3.05) is 13.4 Å². The predicted octanol–water partition coefficient (Wildman–Crippen LogP) is 6.08. The van der Waals surface area contributed by atoms with Gasteiger partial charge in [-0.1, -0.05) is 70.2 Å². The van der Waals surface area contributed by atoms with Gasteiger partial charge in [-0.2, -0.15) is 5.10 Å². The molecule has 0 radical (unpaired) electrons. The van der Waals surface area contributed by atoms with Crippen LogP contribution in [0.5, 0.6) is 5.75 Å². The quantitative estimate of drug-likeness (QED) is 0.468. The van der Waals surface area contributed by atoms with Crippen molar-refractivity contribution in [2.24, 2.45) is 10.1 Å². The highest BCUT2D eigenvalue weighted by Gasteiger charge is 2.21. The summed E-state index contributed by atoms with van der Waals surface area (Å²) >= 11 is 5.11. The van der Waals surface area contributed by atoms with Crippen LogP contribution in [0.3, 0.4) is 0 Å². The summed E-state index contributed by atoms with van der Waals surface area (Å²) in [5.41, 5.74) is 5.05. The SMILES string of the molecule is COc1ccc(CN2N=C(c3ccc(Br)cc3)c3ccccc3N=C2SC)cc1. The molecule has 0 amide bonds. The van der Waals surface area contributed by atoms with E-state index in [1.165, 1.54) is 0 Å². The molecule has 0 fully saturated rings. The molecule has 0 atom stereocenters. The Balaban J connectivity index is 1.80. The average Bonchev–Trinajstić information content (AvgIpc) is 2.92. The lowest BCUT2D eigenvalue weighted by molar-refractivity contribution is 0.413. The number of thioether (sulfide) groups is 1. The third kappa shape index (κ3) is 4.38. The first-order valence-electron chi connectivity index (χ1n) is 9.15. The Hall–Kier alpha value is -2.57. The number of hydrogen-bond acceptors (Lipinski definition) is 5. The Bertz CT molecular complexity index is 1060. The van der Waals surface area contributed by atoms with Crippen LogP contribution in [-0.2, 0) is 6.54 Å². The zero-order chi connectivity index (χ0) is 20.2. The van der Waals surface area contributed by atoms with Crippen LogP contribution in [0.4, 0.5) is 5.69 Å². The van der Waals surface area contributed by atoms with Crippen LogP contribution in [-0.4, -0.2) is 29.3 Å². The normalized spacial score (nSPS) is 13.3. The molecule has 0 saturated heterocycles. The van der Waals surface area contributed by atoms with E-state index < -0.39 is 0 Å². The summed E-state index contributed by atoms with van der Waals surface area (Å²) in [5.74, 6) is 0.842. The van der Waals surface area contributed by atoms with Gasteiger partial charge >= 0.3 is 0 Å². The maximum atomic E-state index is 5.28. The zero-order valence-corrected chi connectivity index (χ0v) is 18.6. The van der Waals surface area contributed by atoms with Crippen LogP contribution in [0.25, 0.3) is 0 Å². The maximum absolute atomic E-state index is 5.28. The molecule has 1 aliphatic heterocycles. The molecule has 4 nitrogen and oxygen atoms in total. The van der Waals surface area contributed by atoms with E-state index in [0.717, 1.165) is 43.5 Å². The monoisotopic (exact) mass is 465 g/mol. The topological polar surface area (TPSA) is 37.2 Å². The lowest BCUT2D eigenvalue weighted by Crippen LogP contribution is -2.23. The van der Waals surface area contributed by atoms with E-state index in [0.29, 0.717) is 6.54 Å². The van der Waals surface area contributed by atoms with Crippen LogP contribution in [0.15, 0.2) is 87.4 Å². The van der Waals surface area contributed by atoms with Gasteiger partial charge in [0.1, 0.15) is 11.5 Å². The Morgan fingerprint density at radius 2 is 1.69 bits per heavy atom. The highest BCUT2D eigenvalue weighted by Crippen LogP contribution is 2.29. The van der Waals surface area contributed by atoms with Gasteiger partial charge in [0, 0.05) is 15.6 Å². The number of benzene rings is 3. The fraction of sp³-hybridized carbons (Fsp3) is 0.130. The highest BCUT2D eigenvalue weighted by molar-refractivity contribution is 9.10. The molecule has 0 spiro atoms. The maximum Gasteiger partial charge on any atom is 0.185 e. The molecule has 29 heavy (non-hydrogen) atoms. The van der Waals surface area contributed by atoms with E-state index in [9.17, 15) is 0 Å². The van der Waals surface area contributed by atoms with Gasteiger partial charge in [-0.15, -0.1) is 0 Å². The van der Waals surface area contributed by atoms with Crippen LogP contribution in [0.1, 0.15) is 16.7 Å². The van der Waals surface area contributed by atoms with Gasteiger partial charge in [0.25, 0.3) is 0 Å². The first-order valence-corrected chi connectivity index (χ1v) is 11.2. The van der Waals surface area contributed by atoms with Gasteiger partial charge in [0.05, 0.1) is 19.3 Å². The number of amidine groups is 1. The molecule has 1 aliphatic rings. The van der Waals surface area contributed by atoms with E-state index in [-0.39, 0.29) is 0 Å². The van der Waals surface area contributed by atoms with Crippen molar-refractivity contribution in [1.29, 1.82) is 0 Å². The molecule has 3 aromatic rings. The third-order valence-corrected chi connectivity index (χ3v) is 5.80. The molecule has 4 rings (SSSR count). The number of methoxy groups -OCH3 is 1. The van der Waals surface area contributed by atoms with Gasteiger partial charge in [-0.25, -0.2) is 10.0 Å². The molecule has 3 aromatic carbocycles. The molecule has 6 heteroatoms. The number of para-hydroxylation sites is 1. The summed E-state index contributed by atoms with van der Waals surface area (Å²) in [6.07, 6.45) is 2.03. The Morgan fingerprint density at radius 3 is 2.38 bits per heavy atom. The zero-order valence-electron chi connectivity index (χ0n) is 16.2. The molecule has 0 bridgehead atoms. The molecular weight excluding hydrogens is 446 g/mol. The van der Waals surface area contributed by atoms with Crippen molar-refractivity contribution >= 4 is 44.3 Å². The van der Waals surface area contributed by atoms with Crippen molar-refractivity contribution in [3.63, 3.8) is 0 Å². The minimum atomic E-state index is 0.623. The van der Waals surface area contributed by atoms with Crippen LogP contribution < -0.4 is 4.74 Å². The molecule has 0 N–H and O–H groups in total. The summed E-state index contributed by atoms with van der Waals surface area (Å²) in [6, 6.07) is 24.4. The Labute approximate surface area is 183 Å². The summed E-state index contributed by atoms with van der Waals surface area (Å²) < 4.78 is 6.32. The lowest BCUT2D eigenvalue weighted by Gasteiger charge is -2.20. The molecule has 146 valence electrons. The largest absolute Gasteiger partial charge is 0.497 e. The average molecular weight is 466 g/mol. The molecule has 0 saturated carbocycles. The van der Waals surface area contributed by atoms with Gasteiger partial charge in [0.2, 0.25) is 0 Å². The number of hydrazone groups is 1. The van der Waals surface area contributed by atoms with E-state index in [2.05, 4.69) is 46.3 Å². The van der Waals surface area contributed by atoms with Crippen molar-refractivity contribution in [3.8, 4) is 5.75 Å². The lowest BCUT2D eigenvalue weighted by atomic mass is 10.0. The molecule has 0 aliphatic carbocycles. The minimum Gasteiger partial charge on any atom is -0.497 e. The fourth-order valence-corrected chi connectivity index (χ4v) is 3.90.